The van der Waals surface area contributed by atoms with E-state index in [9.17, 15) is 37.7 Å². The first-order valence-corrected chi connectivity index (χ1v) is 32.7. The number of likely N-dealkylation sites (tertiary alicyclic amines) is 1. The Labute approximate surface area is 529 Å². The van der Waals surface area contributed by atoms with Crippen molar-refractivity contribution in [2.75, 3.05) is 95.5 Å². The van der Waals surface area contributed by atoms with Crippen LogP contribution in [0, 0.1) is 33.3 Å². The maximum Gasteiger partial charge on any atom is 0.293 e. The summed E-state index contributed by atoms with van der Waals surface area (Å²) in [5.41, 5.74) is 7.44. The first-order chi connectivity index (χ1) is 43.4. The van der Waals surface area contributed by atoms with Crippen LogP contribution in [0.3, 0.4) is 0 Å². The summed E-state index contributed by atoms with van der Waals surface area (Å²) in [4.78, 5) is 78.9. The van der Waals surface area contributed by atoms with Gasteiger partial charge in [-0.3, -0.25) is 39.5 Å². The van der Waals surface area contributed by atoms with Gasteiger partial charge in [0.25, 0.3) is 27.5 Å². The number of pyridine rings is 1. The second-order valence-corrected chi connectivity index (χ2v) is 26.6. The van der Waals surface area contributed by atoms with E-state index in [1.807, 2.05) is 24.3 Å². The molecule has 2 atom stereocenters. The number of imide groups is 1. The van der Waals surface area contributed by atoms with E-state index in [1.165, 1.54) is 39.9 Å². The minimum Gasteiger partial charge on any atom is -0.455 e. The van der Waals surface area contributed by atoms with Crippen LogP contribution in [-0.2, 0) is 35.6 Å². The number of halogens is 1. The van der Waals surface area contributed by atoms with Crippen LogP contribution < -0.4 is 25.0 Å². The lowest BCUT2D eigenvalue weighted by Crippen LogP contribution is -2.52. The van der Waals surface area contributed by atoms with Crippen LogP contribution in [0.15, 0.2) is 114 Å². The number of nitrogens with zero attached hydrogens (tertiary/aromatic N) is 6. The highest BCUT2D eigenvalue weighted by atomic mass is 35.5. The number of piperazine rings is 1. The first kappa shape index (κ1) is 63.4. The SMILES string of the molecule is CC1(C)CCC(CN2CCN(c3ccc(C(=O)NS(=O)(=O)c4ccc(NCC5CCCN(CCOCCOCCCC#Cc6cccc7c6CN(C6CCC(=O)NC6=O)C7=O)C5)c([N+](=O)[O-])c4)c(Oc4cnc5[nH]ccc5c4)c3)CC2)=C(c2ccc(Cl)cc2)C1. The van der Waals surface area contributed by atoms with Crippen molar-refractivity contribution < 1.29 is 46.7 Å². The molecule has 90 heavy (non-hydrogen) atoms. The molecule has 0 radical (unpaired) electrons. The first-order valence-electron chi connectivity index (χ1n) is 30.9. The number of sulfonamides is 1. The molecule has 2 aromatic heterocycles. The van der Waals surface area contributed by atoms with Gasteiger partial charge in [0.2, 0.25) is 11.8 Å². The van der Waals surface area contributed by atoms with Crippen LogP contribution in [0.5, 0.6) is 11.5 Å². The normalized spacial score (nSPS) is 18.9. The van der Waals surface area contributed by atoms with Crippen LogP contribution in [0.2, 0.25) is 5.02 Å². The molecule has 4 amide bonds. The summed E-state index contributed by atoms with van der Waals surface area (Å²) in [6.45, 7) is 13.4. The van der Waals surface area contributed by atoms with Crippen molar-refractivity contribution >= 4 is 78.9 Å². The molecule has 1 aliphatic carbocycles. The van der Waals surface area contributed by atoms with E-state index in [0.717, 1.165) is 98.1 Å². The van der Waals surface area contributed by atoms with Crippen LogP contribution in [-0.4, -0.2) is 153 Å². The number of H-pyrrole nitrogens is 1. The molecule has 23 heteroatoms. The molecule has 472 valence electrons. The second kappa shape index (κ2) is 28.3. The minimum absolute atomic E-state index is 0.0585. The number of piperidine rings is 2. The third-order valence-electron chi connectivity index (χ3n) is 17.5. The fourth-order valence-electron chi connectivity index (χ4n) is 12.6. The van der Waals surface area contributed by atoms with E-state index in [4.69, 9.17) is 25.8 Å². The number of unbranched alkanes of at least 4 members (excludes halogenated alkanes) is 1. The van der Waals surface area contributed by atoms with Crippen LogP contribution in [0.1, 0.15) is 109 Å². The molecule has 6 heterocycles. The second-order valence-electron chi connectivity index (χ2n) is 24.5. The number of hydrogen-bond acceptors (Lipinski definition) is 16. The zero-order chi connectivity index (χ0) is 62.9. The molecule has 4 N–H and O–H groups in total. The molecule has 21 nitrogen and oxygen atoms in total. The minimum atomic E-state index is -4.64. The number of fused-ring (bicyclic) bond motifs is 2. The highest BCUT2D eigenvalue weighted by molar-refractivity contribution is 7.90. The number of amides is 4. The number of anilines is 2. The number of ether oxygens (including phenoxy) is 3. The summed E-state index contributed by atoms with van der Waals surface area (Å²) in [7, 11) is -4.64. The lowest BCUT2D eigenvalue weighted by Gasteiger charge is -2.39. The molecule has 0 saturated carbocycles. The van der Waals surface area contributed by atoms with Crippen molar-refractivity contribution in [3.63, 3.8) is 0 Å². The summed E-state index contributed by atoms with van der Waals surface area (Å²) in [6, 6.07) is 25.1. The molecule has 4 aromatic carbocycles. The Hall–Kier alpha value is -8.17. The Balaban J connectivity index is 0.641. The molecule has 0 spiro atoms. The van der Waals surface area contributed by atoms with Crippen LogP contribution in [0.4, 0.5) is 17.1 Å². The molecule has 11 rings (SSSR count). The van der Waals surface area contributed by atoms with Crippen molar-refractivity contribution in [1.29, 1.82) is 0 Å². The van der Waals surface area contributed by atoms with Gasteiger partial charge in [0.15, 0.2) is 0 Å². The quantitative estimate of drug-likeness (QED) is 0.0153. The Kier molecular flexibility index (Phi) is 20.0. The molecule has 3 saturated heterocycles. The van der Waals surface area contributed by atoms with Gasteiger partial charge in [-0.05, 0) is 140 Å². The Morgan fingerprint density at radius 2 is 1.72 bits per heavy atom. The number of carbonyl (C=O) groups excluding carboxylic acids is 4. The Bertz CT molecular complexity index is 3890. The van der Waals surface area contributed by atoms with Gasteiger partial charge in [-0.25, -0.2) is 18.1 Å². The van der Waals surface area contributed by atoms with Gasteiger partial charge in [0.05, 0.1) is 41.4 Å². The highest BCUT2D eigenvalue weighted by Crippen LogP contribution is 2.44. The van der Waals surface area contributed by atoms with Crippen LogP contribution in [0.25, 0.3) is 16.6 Å². The lowest BCUT2D eigenvalue weighted by molar-refractivity contribution is -0.384. The third-order valence-corrected chi connectivity index (χ3v) is 19.1. The topological polar surface area (TPSA) is 251 Å². The predicted molar refractivity (Wildman–Crippen MR) is 343 cm³/mol. The molecular formula is C67H75ClN10O11S. The molecule has 2 unspecified atom stereocenters. The maximum atomic E-state index is 14.2. The summed E-state index contributed by atoms with van der Waals surface area (Å²) in [5, 5.41) is 19.5. The van der Waals surface area contributed by atoms with Crippen molar-refractivity contribution in [3.05, 3.63) is 152 Å². The van der Waals surface area contributed by atoms with E-state index in [0.29, 0.717) is 88.8 Å². The van der Waals surface area contributed by atoms with Gasteiger partial charge in [-0.15, -0.1) is 0 Å². The fourth-order valence-corrected chi connectivity index (χ4v) is 13.7. The highest BCUT2D eigenvalue weighted by Gasteiger charge is 2.40. The van der Waals surface area contributed by atoms with Crippen molar-refractivity contribution in [2.24, 2.45) is 11.3 Å². The largest absolute Gasteiger partial charge is 0.455 e. The average molecular weight is 1260 g/mol. The van der Waals surface area contributed by atoms with Gasteiger partial charge >= 0.3 is 0 Å². The number of benzene rings is 4. The number of nitro groups is 1. The van der Waals surface area contributed by atoms with E-state index < -0.39 is 43.4 Å². The number of carbonyl (C=O) groups is 4. The third kappa shape index (κ3) is 15.5. The molecule has 5 aliphatic rings. The van der Waals surface area contributed by atoms with Gasteiger partial charge in [-0.1, -0.05) is 61.1 Å². The Morgan fingerprint density at radius 1 is 0.911 bits per heavy atom. The maximum absolute atomic E-state index is 14.2. The lowest BCUT2D eigenvalue weighted by atomic mass is 9.72. The zero-order valence-electron chi connectivity index (χ0n) is 50.7. The number of nitro benzene ring substituents is 1. The van der Waals surface area contributed by atoms with Gasteiger partial charge in [0, 0.05) is 124 Å². The molecule has 6 aromatic rings. The summed E-state index contributed by atoms with van der Waals surface area (Å²) in [6.07, 6.45) is 10.1. The number of hydrogen-bond donors (Lipinski definition) is 4. The fraction of sp³-hybridized carbons (Fsp3) is 0.418. The van der Waals surface area contributed by atoms with Gasteiger partial charge < -0.3 is 39.2 Å². The van der Waals surface area contributed by atoms with Gasteiger partial charge in [-0.2, -0.15) is 0 Å². The summed E-state index contributed by atoms with van der Waals surface area (Å²) < 4.78 is 48.2. The van der Waals surface area contributed by atoms with Gasteiger partial charge in [0.1, 0.15) is 28.9 Å². The molecule has 4 aliphatic heterocycles. The van der Waals surface area contributed by atoms with Crippen molar-refractivity contribution in [3.8, 4) is 23.3 Å². The summed E-state index contributed by atoms with van der Waals surface area (Å²) >= 11 is 6.28. The standard InChI is InChI=1S/C67H75ClN10O11S/c1-67(2)24-22-49(56(39-67)47-12-14-50(68)15-13-47)43-75-27-29-76(30-28-75)51-16-18-55(61(37-51)89-52-36-48-23-25-69-63(48)71-41-52)64(80)73-90(85,86)53-17-19-58(60(38-53)78(83)84)70-40-45-8-7-26-74(42-45)31-33-88-35-34-87-32-5-3-4-9-46-10-6-11-54-57(46)44-77(66(54)82)59-20-21-62(79)72-65(59)81/h6,10-19,23,25,36-38,41,45,59,70H,3,5,7-8,20-22,24,26-35,39-40,42-44H2,1-2H3,(H,69,71)(H,73,80)(H,72,79,81). The summed E-state index contributed by atoms with van der Waals surface area (Å²) in [5.74, 6) is 4.99. The van der Waals surface area contributed by atoms with Crippen molar-refractivity contribution in [1.82, 2.24) is 34.7 Å². The number of rotatable bonds is 23. The van der Waals surface area contributed by atoms with E-state index >= 15 is 0 Å². The van der Waals surface area contributed by atoms with E-state index in [2.05, 4.69) is 77.8 Å². The smallest absolute Gasteiger partial charge is 0.293 e. The van der Waals surface area contributed by atoms with Crippen LogP contribution >= 0.6 is 11.6 Å². The predicted octanol–water partition coefficient (Wildman–Crippen LogP) is 9.57. The monoisotopic (exact) mass is 1260 g/mol. The zero-order valence-corrected chi connectivity index (χ0v) is 52.3. The number of aromatic nitrogens is 2. The average Bonchev–Trinajstić information content (AvgIpc) is 1.83. The van der Waals surface area contributed by atoms with E-state index in [1.54, 1.807) is 42.6 Å². The Morgan fingerprint density at radius 3 is 2.52 bits per heavy atom. The molecular weight excluding hydrogens is 1190 g/mol. The number of aromatic amines is 1. The van der Waals surface area contributed by atoms with E-state index in [-0.39, 0.29) is 53.1 Å². The number of allylic oxidation sites excluding steroid dienone is 1. The molecule has 3 fully saturated rings. The number of nitrogens with one attached hydrogen (secondary N) is 4. The van der Waals surface area contributed by atoms with Crippen molar-refractivity contribution in [2.45, 2.75) is 89.1 Å². The molecule has 0 bridgehead atoms.